The van der Waals surface area contributed by atoms with E-state index in [1.165, 1.54) is 6.39 Å². The van der Waals surface area contributed by atoms with Crippen LogP contribution in [0.4, 0.5) is 4.39 Å². The Balaban J connectivity index is 2.59. The number of alkyl halides is 1. The second kappa shape index (κ2) is 3.85. The Morgan fingerprint density at radius 2 is 2.58 bits per heavy atom. The van der Waals surface area contributed by atoms with Crippen LogP contribution in [0.1, 0.15) is 16.2 Å². The minimum atomic E-state index is -0.584. The summed E-state index contributed by atoms with van der Waals surface area (Å²) in [5, 5.41) is 2.33. The Labute approximate surface area is 68.8 Å². The van der Waals surface area contributed by atoms with Gasteiger partial charge in [-0.25, -0.2) is 9.37 Å². The first-order valence-corrected chi connectivity index (χ1v) is 3.50. The van der Waals surface area contributed by atoms with E-state index in [0.717, 1.165) is 0 Å². The molecule has 0 aliphatic carbocycles. The van der Waals surface area contributed by atoms with E-state index in [0.29, 0.717) is 5.69 Å². The first kappa shape index (κ1) is 8.70. The van der Waals surface area contributed by atoms with Crippen LogP contribution in [0.2, 0.25) is 0 Å². The van der Waals surface area contributed by atoms with Crippen molar-refractivity contribution < 1.29 is 13.6 Å². The summed E-state index contributed by atoms with van der Waals surface area (Å²) in [7, 11) is 0. The monoisotopic (exact) mass is 172 g/mol. The number of carbonyl (C=O) groups excluding carboxylic acids is 1. The number of nitrogens with zero attached hydrogens (tertiary/aromatic N) is 1. The van der Waals surface area contributed by atoms with Gasteiger partial charge in [-0.1, -0.05) is 0 Å². The van der Waals surface area contributed by atoms with Gasteiger partial charge in [0.25, 0.3) is 5.91 Å². The second-order valence-electron chi connectivity index (χ2n) is 2.21. The lowest BCUT2D eigenvalue weighted by Crippen LogP contribution is -2.25. The lowest BCUT2D eigenvalue weighted by Gasteiger charge is -1.98. The molecule has 0 atom stereocenters. The Morgan fingerprint density at radius 1 is 1.83 bits per heavy atom. The molecule has 4 nitrogen and oxygen atoms in total. The number of amides is 1. The largest absolute Gasteiger partial charge is 0.438 e. The molecule has 1 heterocycles. The van der Waals surface area contributed by atoms with Crippen LogP contribution in [0.15, 0.2) is 10.8 Å². The zero-order valence-electron chi connectivity index (χ0n) is 6.63. The fraction of sp³-hybridized carbons (Fsp3) is 0.429. The van der Waals surface area contributed by atoms with Gasteiger partial charge in [0.1, 0.15) is 6.67 Å². The summed E-state index contributed by atoms with van der Waals surface area (Å²) in [4.78, 5) is 14.8. The smallest absolute Gasteiger partial charge is 0.289 e. The van der Waals surface area contributed by atoms with Crippen molar-refractivity contribution in [2.45, 2.75) is 6.92 Å². The molecule has 0 saturated carbocycles. The highest BCUT2D eigenvalue weighted by atomic mass is 19.1. The molecule has 0 unspecified atom stereocenters. The van der Waals surface area contributed by atoms with Crippen LogP contribution >= 0.6 is 0 Å². The van der Waals surface area contributed by atoms with E-state index in [2.05, 4.69) is 10.3 Å². The third kappa shape index (κ3) is 1.81. The Hall–Kier alpha value is -1.39. The summed E-state index contributed by atoms with van der Waals surface area (Å²) in [6.07, 6.45) is 1.18. The number of hydrogen-bond donors (Lipinski definition) is 1. The zero-order chi connectivity index (χ0) is 8.97. The normalized spacial score (nSPS) is 9.83. The van der Waals surface area contributed by atoms with Crippen molar-refractivity contribution in [2.75, 3.05) is 13.2 Å². The molecule has 0 bridgehead atoms. The molecule has 1 amide bonds. The molecule has 5 heteroatoms. The van der Waals surface area contributed by atoms with Gasteiger partial charge >= 0.3 is 0 Å². The van der Waals surface area contributed by atoms with E-state index in [1.54, 1.807) is 6.92 Å². The summed E-state index contributed by atoms with van der Waals surface area (Å²) >= 11 is 0. The average Bonchev–Trinajstić information content (AvgIpc) is 2.47. The number of oxazole rings is 1. The maximum absolute atomic E-state index is 11.6. The van der Waals surface area contributed by atoms with E-state index in [1.807, 2.05) is 0 Å². The number of nitrogens with one attached hydrogen (secondary N) is 1. The number of carbonyl (C=O) groups is 1. The molecule has 1 aromatic rings. The number of aryl methyl sites for hydroxylation is 1. The maximum atomic E-state index is 11.6. The number of rotatable bonds is 3. The van der Waals surface area contributed by atoms with Gasteiger partial charge < -0.3 is 9.73 Å². The third-order valence-corrected chi connectivity index (χ3v) is 1.33. The predicted molar refractivity (Wildman–Crippen MR) is 39.5 cm³/mol. The van der Waals surface area contributed by atoms with Crippen molar-refractivity contribution in [3.63, 3.8) is 0 Å². The highest BCUT2D eigenvalue weighted by Gasteiger charge is 2.12. The van der Waals surface area contributed by atoms with Crippen molar-refractivity contribution in [1.82, 2.24) is 10.3 Å². The molecule has 0 aromatic carbocycles. The standard InChI is InChI=1S/C7H9FN2O2/c1-5-6(12-4-10-5)7(11)9-3-2-8/h4H,2-3H2,1H3,(H,9,11). The fourth-order valence-corrected chi connectivity index (χ4v) is 0.761. The van der Waals surface area contributed by atoms with Crippen LogP contribution in [0, 0.1) is 6.92 Å². The van der Waals surface area contributed by atoms with Gasteiger partial charge in [-0.05, 0) is 6.92 Å². The van der Waals surface area contributed by atoms with Gasteiger partial charge in [-0.2, -0.15) is 0 Å². The summed E-state index contributed by atoms with van der Waals surface area (Å²) in [5.41, 5.74) is 0.506. The summed E-state index contributed by atoms with van der Waals surface area (Å²) < 4.78 is 16.4. The van der Waals surface area contributed by atoms with Gasteiger partial charge in [0.2, 0.25) is 5.76 Å². The SMILES string of the molecule is Cc1ncoc1C(=O)NCCF. The first-order chi connectivity index (χ1) is 5.75. The molecule has 1 rings (SSSR count). The predicted octanol–water partition coefficient (Wildman–Crippen LogP) is 0.682. The quantitative estimate of drug-likeness (QED) is 0.729. The van der Waals surface area contributed by atoms with Gasteiger partial charge in [0.15, 0.2) is 6.39 Å². The van der Waals surface area contributed by atoms with E-state index < -0.39 is 12.6 Å². The van der Waals surface area contributed by atoms with Crippen molar-refractivity contribution in [3.05, 3.63) is 17.8 Å². The molecular formula is C7H9FN2O2. The van der Waals surface area contributed by atoms with E-state index >= 15 is 0 Å². The molecular weight excluding hydrogens is 163 g/mol. The first-order valence-electron chi connectivity index (χ1n) is 3.50. The van der Waals surface area contributed by atoms with Crippen LogP contribution in [0.5, 0.6) is 0 Å². The highest BCUT2D eigenvalue weighted by Crippen LogP contribution is 2.03. The number of halogens is 1. The lowest BCUT2D eigenvalue weighted by molar-refractivity contribution is 0.0922. The molecule has 1 aromatic heterocycles. The van der Waals surface area contributed by atoms with Crippen LogP contribution in [0.25, 0.3) is 0 Å². The van der Waals surface area contributed by atoms with Gasteiger partial charge in [0, 0.05) is 6.54 Å². The third-order valence-electron chi connectivity index (χ3n) is 1.33. The highest BCUT2D eigenvalue weighted by molar-refractivity contribution is 5.92. The average molecular weight is 172 g/mol. The molecule has 0 saturated heterocycles. The van der Waals surface area contributed by atoms with Crippen molar-refractivity contribution in [3.8, 4) is 0 Å². The van der Waals surface area contributed by atoms with Crippen LogP contribution in [0.3, 0.4) is 0 Å². The van der Waals surface area contributed by atoms with Gasteiger partial charge in [0.05, 0.1) is 5.69 Å². The number of hydrogen-bond acceptors (Lipinski definition) is 3. The Kier molecular flexibility index (Phi) is 2.79. The maximum Gasteiger partial charge on any atom is 0.289 e. The molecule has 0 aliphatic heterocycles. The summed E-state index contributed by atoms with van der Waals surface area (Å²) in [5.74, 6) is -0.286. The molecule has 66 valence electrons. The molecule has 12 heavy (non-hydrogen) atoms. The van der Waals surface area contributed by atoms with E-state index in [-0.39, 0.29) is 12.3 Å². The second-order valence-corrected chi connectivity index (χ2v) is 2.21. The van der Waals surface area contributed by atoms with Crippen molar-refractivity contribution in [1.29, 1.82) is 0 Å². The van der Waals surface area contributed by atoms with Crippen molar-refractivity contribution >= 4 is 5.91 Å². The minimum absolute atomic E-state index is 0.00102. The Bertz CT molecular complexity index is 272. The Morgan fingerprint density at radius 3 is 3.08 bits per heavy atom. The summed E-state index contributed by atoms with van der Waals surface area (Å²) in [6.45, 7) is 1.06. The lowest BCUT2D eigenvalue weighted by atomic mass is 10.3. The molecule has 0 aliphatic rings. The van der Waals surface area contributed by atoms with E-state index in [4.69, 9.17) is 4.42 Å². The molecule has 0 radical (unpaired) electrons. The molecule has 0 spiro atoms. The molecule has 1 N–H and O–H groups in total. The number of aromatic nitrogens is 1. The topological polar surface area (TPSA) is 55.1 Å². The fourth-order valence-electron chi connectivity index (χ4n) is 0.761. The molecule has 0 fully saturated rings. The van der Waals surface area contributed by atoms with E-state index in [9.17, 15) is 9.18 Å². The van der Waals surface area contributed by atoms with Crippen LogP contribution < -0.4 is 5.32 Å². The van der Waals surface area contributed by atoms with Crippen LogP contribution in [-0.2, 0) is 0 Å². The van der Waals surface area contributed by atoms with Crippen molar-refractivity contribution in [2.24, 2.45) is 0 Å². The van der Waals surface area contributed by atoms with Gasteiger partial charge in [-0.3, -0.25) is 4.79 Å². The van der Waals surface area contributed by atoms with Crippen LogP contribution in [-0.4, -0.2) is 24.1 Å². The zero-order valence-corrected chi connectivity index (χ0v) is 6.63. The van der Waals surface area contributed by atoms with Gasteiger partial charge in [-0.15, -0.1) is 0 Å². The summed E-state index contributed by atoms with van der Waals surface area (Å²) in [6, 6.07) is 0. The minimum Gasteiger partial charge on any atom is -0.438 e.